The summed E-state index contributed by atoms with van der Waals surface area (Å²) in [6, 6.07) is 0. The van der Waals surface area contributed by atoms with Crippen molar-refractivity contribution in [2.75, 3.05) is 0 Å². The summed E-state index contributed by atoms with van der Waals surface area (Å²) in [6.45, 7) is 5.23. The summed E-state index contributed by atoms with van der Waals surface area (Å²) in [6.07, 6.45) is 0. The molecule has 0 aliphatic heterocycles. The van der Waals surface area contributed by atoms with Crippen molar-refractivity contribution in [3.05, 3.63) is 22.3 Å². The van der Waals surface area contributed by atoms with Gasteiger partial charge in [0, 0.05) is 0 Å². The zero-order valence-electron chi connectivity index (χ0n) is 7.45. The normalized spacial score (nSPS) is 6.67. The van der Waals surface area contributed by atoms with Crippen molar-refractivity contribution in [3.63, 3.8) is 0 Å². The molecule has 0 aromatic rings. The molecule has 0 heterocycles. The second-order valence-corrected chi connectivity index (χ2v) is 2.17. The molecule has 1 N–H and O–H groups in total. The number of aliphatic hydroxyl groups is 1. The van der Waals surface area contributed by atoms with E-state index >= 15 is 0 Å². The van der Waals surface area contributed by atoms with Gasteiger partial charge in [0.15, 0.2) is 0 Å². The Hall–Kier alpha value is 0.674. The standard InChI is InChI=1S/C4H10O.3CH3.Ti/c1-4(2,3)5;;;;/h5H,1-3H3;3*1H3;/q;3*-1;+3. The van der Waals surface area contributed by atoms with Crippen LogP contribution in [-0.2, 0) is 21.7 Å². The van der Waals surface area contributed by atoms with Crippen LogP contribution < -0.4 is 0 Å². The molecule has 0 saturated carbocycles. The first kappa shape index (κ1) is 33.3. The van der Waals surface area contributed by atoms with Crippen LogP contribution in [0.4, 0.5) is 0 Å². The van der Waals surface area contributed by atoms with Crippen molar-refractivity contribution in [1.29, 1.82) is 0 Å². The molecule has 0 bridgehead atoms. The first-order valence-electron chi connectivity index (χ1n) is 1.72. The van der Waals surface area contributed by atoms with E-state index in [-0.39, 0.29) is 44.0 Å². The van der Waals surface area contributed by atoms with Gasteiger partial charge in [0.25, 0.3) is 0 Å². The van der Waals surface area contributed by atoms with Gasteiger partial charge in [0.05, 0.1) is 5.60 Å². The molecule has 9 heavy (non-hydrogen) atoms. The predicted molar refractivity (Wildman–Crippen MR) is 41.2 cm³/mol. The maximum absolute atomic E-state index is 8.52. The predicted octanol–water partition coefficient (Wildman–Crippen LogP) is 2.13. The summed E-state index contributed by atoms with van der Waals surface area (Å²) in [5, 5.41) is 8.52. The Kier molecular flexibility index (Phi) is 42.5. The van der Waals surface area contributed by atoms with Crippen LogP contribution >= 0.6 is 0 Å². The van der Waals surface area contributed by atoms with Gasteiger partial charge in [0.2, 0.25) is 0 Å². The van der Waals surface area contributed by atoms with E-state index in [0.29, 0.717) is 0 Å². The van der Waals surface area contributed by atoms with Crippen LogP contribution in [-0.4, -0.2) is 10.7 Å². The van der Waals surface area contributed by atoms with Crippen LogP contribution in [0.5, 0.6) is 0 Å². The minimum absolute atomic E-state index is 0. The van der Waals surface area contributed by atoms with Crippen LogP contribution in [0.3, 0.4) is 0 Å². The molecule has 0 aromatic carbocycles. The fourth-order valence-electron chi connectivity index (χ4n) is 0. The van der Waals surface area contributed by atoms with E-state index in [1.54, 1.807) is 20.8 Å². The minimum Gasteiger partial charge on any atom is -0.391 e. The van der Waals surface area contributed by atoms with Crippen LogP contribution in [0.25, 0.3) is 0 Å². The molecule has 2 heteroatoms. The Morgan fingerprint density at radius 3 is 0.889 bits per heavy atom. The molecule has 0 fully saturated rings. The molecule has 0 aromatic heterocycles. The fraction of sp³-hybridized carbons (Fsp3) is 0.571. The topological polar surface area (TPSA) is 20.2 Å². The molecule has 0 unspecified atom stereocenters. The van der Waals surface area contributed by atoms with Gasteiger partial charge in [-0.05, 0) is 20.8 Å². The average Bonchev–Trinajstić information content (AvgIpc) is 0.722. The Balaban J connectivity index is -0.0000000133. The van der Waals surface area contributed by atoms with Gasteiger partial charge >= 0.3 is 21.7 Å². The largest absolute Gasteiger partial charge is 3.00 e. The maximum Gasteiger partial charge on any atom is 3.00 e. The van der Waals surface area contributed by atoms with Gasteiger partial charge in [-0.25, -0.2) is 0 Å². The van der Waals surface area contributed by atoms with E-state index in [2.05, 4.69) is 0 Å². The zero-order chi connectivity index (χ0) is 4.50. The molecule has 1 nitrogen and oxygen atoms in total. The Morgan fingerprint density at radius 1 is 0.889 bits per heavy atom. The fourth-order valence-corrected chi connectivity index (χ4v) is 0. The summed E-state index contributed by atoms with van der Waals surface area (Å²) in [4.78, 5) is 0. The smallest absolute Gasteiger partial charge is 0.391 e. The second kappa shape index (κ2) is 11.5. The van der Waals surface area contributed by atoms with Gasteiger partial charge in [-0.2, -0.15) is 0 Å². The van der Waals surface area contributed by atoms with E-state index in [4.69, 9.17) is 5.11 Å². The molecule has 0 saturated heterocycles. The number of rotatable bonds is 0. The van der Waals surface area contributed by atoms with Gasteiger partial charge in [-0.15, -0.1) is 0 Å². The maximum atomic E-state index is 8.52. The number of hydrogen-bond donors (Lipinski definition) is 1. The molecule has 0 aliphatic carbocycles. The van der Waals surface area contributed by atoms with Gasteiger partial charge in [0.1, 0.15) is 0 Å². The van der Waals surface area contributed by atoms with E-state index in [1.165, 1.54) is 0 Å². The van der Waals surface area contributed by atoms with Crippen LogP contribution in [0, 0.1) is 22.3 Å². The Bertz CT molecular complexity index is 24.4. The van der Waals surface area contributed by atoms with Crippen molar-refractivity contribution in [2.45, 2.75) is 26.4 Å². The van der Waals surface area contributed by atoms with E-state index < -0.39 is 5.60 Å². The summed E-state index contributed by atoms with van der Waals surface area (Å²) in [5.41, 5.74) is -0.500. The molecular weight excluding hydrogens is 148 g/mol. The first-order valence-corrected chi connectivity index (χ1v) is 1.72. The van der Waals surface area contributed by atoms with Crippen molar-refractivity contribution in [1.82, 2.24) is 0 Å². The van der Waals surface area contributed by atoms with Crippen LogP contribution in [0.2, 0.25) is 0 Å². The summed E-state index contributed by atoms with van der Waals surface area (Å²) < 4.78 is 0. The van der Waals surface area contributed by atoms with Gasteiger partial charge in [-0.3, -0.25) is 0 Å². The molecule has 0 atom stereocenters. The summed E-state index contributed by atoms with van der Waals surface area (Å²) >= 11 is 0. The van der Waals surface area contributed by atoms with E-state index in [1.807, 2.05) is 0 Å². The third-order valence-corrected chi connectivity index (χ3v) is 0. The molecule has 0 rings (SSSR count). The van der Waals surface area contributed by atoms with E-state index in [0.717, 1.165) is 0 Å². The summed E-state index contributed by atoms with van der Waals surface area (Å²) in [7, 11) is 0. The number of hydrogen-bond acceptors (Lipinski definition) is 1. The average molecular weight is 167 g/mol. The molecule has 57 valence electrons. The van der Waals surface area contributed by atoms with Gasteiger partial charge < -0.3 is 27.4 Å². The molecule has 0 spiro atoms. The third-order valence-electron chi connectivity index (χ3n) is 0. The van der Waals surface area contributed by atoms with Crippen molar-refractivity contribution < 1.29 is 26.8 Å². The second-order valence-electron chi connectivity index (χ2n) is 2.17. The third kappa shape index (κ3) is 850. The van der Waals surface area contributed by atoms with Crippen molar-refractivity contribution in [2.24, 2.45) is 0 Å². The zero-order valence-corrected chi connectivity index (χ0v) is 9.01. The molecule has 1 radical (unpaired) electrons. The quantitative estimate of drug-likeness (QED) is 0.432. The minimum atomic E-state index is -0.500. The monoisotopic (exact) mass is 167 g/mol. The van der Waals surface area contributed by atoms with E-state index in [9.17, 15) is 0 Å². The Labute approximate surface area is 75.7 Å². The Morgan fingerprint density at radius 2 is 0.889 bits per heavy atom. The van der Waals surface area contributed by atoms with Gasteiger partial charge in [-0.1, -0.05) is 0 Å². The summed E-state index contributed by atoms with van der Waals surface area (Å²) in [5.74, 6) is 0. The first-order chi connectivity index (χ1) is 2.00. The van der Waals surface area contributed by atoms with Crippen LogP contribution in [0.1, 0.15) is 20.8 Å². The molecule has 0 aliphatic rings. The SMILES string of the molecule is CC(C)(C)O.[CH3-].[CH3-].[CH3-].[Ti+3]. The van der Waals surface area contributed by atoms with Crippen LogP contribution in [0.15, 0.2) is 0 Å². The molecular formula is C7H19OTi. The van der Waals surface area contributed by atoms with Crippen molar-refractivity contribution >= 4 is 0 Å². The molecule has 0 amide bonds. The van der Waals surface area contributed by atoms with Crippen molar-refractivity contribution in [3.8, 4) is 0 Å².